The van der Waals surface area contributed by atoms with E-state index in [2.05, 4.69) is 69.4 Å². The van der Waals surface area contributed by atoms with Crippen LogP contribution in [0.5, 0.6) is 0 Å². The van der Waals surface area contributed by atoms with Gasteiger partial charge in [-0.1, -0.05) is 0 Å². The van der Waals surface area contributed by atoms with Gasteiger partial charge in [-0.15, -0.1) is 8.13 Å². The molecule has 5 N–H and O–H groups in total. The maximum absolute atomic E-state index is 9.00. The Balaban J connectivity index is -0.0000000575. The van der Waals surface area contributed by atoms with E-state index in [4.69, 9.17) is 51.1 Å². The minimum atomic E-state index is -2.05. The summed E-state index contributed by atoms with van der Waals surface area (Å²) in [5.41, 5.74) is 0. The van der Waals surface area contributed by atoms with E-state index in [1.165, 1.54) is 16.2 Å². The summed E-state index contributed by atoms with van der Waals surface area (Å²) in [6.45, 7) is 26.0. The van der Waals surface area contributed by atoms with Gasteiger partial charge in [0.1, 0.15) is 0 Å². The fourth-order valence-electron chi connectivity index (χ4n) is 2.11. The van der Waals surface area contributed by atoms with Gasteiger partial charge in [-0.3, -0.25) is 9.59 Å². The Labute approximate surface area is 262 Å². The molecule has 21 heteroatoms. The van der Waals surface area contributed by atoms with E-state index < -0.39 is 55.1 Å². The van der Waals surface area contributed by atoms with E-state index in [9.17, 15) is 0 Å². The van der Waals surface area contributed by atoms with Gasteiger partial charge in [0.2, 0.25) is 0 Å². The van der Waals surface area contributed by atoms with E-state index in [1.807, 2.05) is 6.66 Å². The Bertz CT molecular complexity index is 456. The van der Waals surface area contributed by atoms with E-state index in [0.29, 0.717) is 0 Å². The van der Waals surface area contributed by atoms with Crippen molar-refractivity contribution in [2.75, 3.05) is 13.8 Å². The van der Waals surface area contributed by atoms with Gasteiger partial charge in [0.05, 0.1) is 0 Å². The number of hydrogen-bond donors (Lipinski definition) is 5. The van der Waals surface area contributed by atoms with Crippen LogP contribution in [0.1, 0.15) is 13.8 Å². The number of carboxylic acids is 2. The average Bonchev–Trinajstić information content (AvgIpc) is 2.59. The minimum Gasteiger partial charge on any atom is 0 e. The van der Waals surface area contributed by atoms with Gasteiger partial charge in [0.15, 0.2) is 26.1 Å². The fourth-order valence-corrected chi connectivity index (χ4v) is 19.7. The third-order valence-corrected chi connectivity index (χ3v) is 15.8. The van der Waals surface area contributed by atoms with Crippen LogP contribution in [0.4, 0.5) is 0 Å². The first-order valence-corrected chi connectivity index (χ1v) is 28.2. The molecule has 0 aromatic carbocycles. The molecule has 0 aromatic heterocycles. The zero-order valence-electron chi connectivity index (χ0n) is 24.8. The molecule has 0 aliphatic rings. The third-order valence-electron chi connectivity index (χ3n) is 1.75. The Hall–Kier alpha value is 1.70. The predicted molar refractivity (Wildman–Crippen MR) is 161 cm³/mol. The number of aliphatic carboxylic acids is 2. The second-order valence-corrected chi connectivity index (χ2v) is 29.8. The number of carboxylic acid groups (broad SMARTS) is 2. The van der Waals surface area contributed by atoms with Crippen LogP contribution in [0.3, 0.4) is 0 Å². The van der Waals surface area contributed by atoms with Crippen molar-refractivity contribution in [3.8, 4) is 0 Å². The molecule has 0 aliphatic carbocycles. The van der Waals surface area contributed by atoms with Crippen molar-refractivity contribution >= 4 is 96.1 Å². The number of carbonyl (C=O) groups is 2. The summed E-state index contributed by atoms with van der Waals surface area (Å²) >= 11 is 2.80. The molecule has 0 bridgehead atoms. The molecule has 0 amide bonds. The summed E-state index contributed by atoms with van der Waals surface area (Å²) in [6, 6.07) is 0. The standard InChI is InChI=1S/C10H30O3Si4.2C2H4O2.CH7OPSi.CH4O.2Al.H2O2.O.Pd/c1-14(2,3)11-16(7,8)13-17(9,10)12-15(4,5)6;2*1-2(3)4;1-3-4-2;1-2;;;1-2;;/h1-10H3;2*1H3,(H,3,4);2-3H,4H2,1H3;2H,1H3;;;1-2H;;/q;;;;;;+2;;;/p-1. The average molecular weight is 766 g/mol. The van der Waals surface area contributed by atoms with Gasteiger partial charge < -0.3 is 32.5 Å². The molecule has 0 aromatic rings. The van der Waals surface area contributed by atoms with Crippen LogP contribution in [0.25, 0.3) is 0 Å². The maximum atomic E-state index is 9.00. The zero-order valence-corrected chi connectivity index (χ0v) is 35.1. The Kier molecular flexibility index (Phi) is 56.4. The second-order valence-electron chi connectivity index (χ2n) is 8.99. The van der Waals surface area contributed by atoms with Crippen molar-refractivity contribution in [3.63, 3.8) is 0 Å². The third kappa shape index (κ3) is 112. The first-order chi connectivity index (χ1) is 15.9. The first-order valence-electron chi connectivity index (χ1n) is 10.4. The molecular weight excluding hydrogens is 716 g/mol. The van der Waals surface area contributed by atoms with Crippen LogP contribution in [-0.2, 0) is 50.1 Å². The molecule has 1 atom stereocenters. The Morgan fingerprint density at radius 2 is 0.892 bits per heavy atom. The van der Waals surface area contributed by atoms with Crippen LogP contribution in [-0.4, -0.2) is 127 Å². The summed E-state index contributed by atoms with van der Waals surface area (Å²) in [4.78, 5) is 26.0. The van der Waals surface area contributed by atoms with Crippen LogP contribution in [0, 0.1) is 0 Å². The first kappa shape index (κ1) is 58.4. The van der Waals surface area contributed by atoms with Crippen LogP contribution in [0.2, 0.25) is 65.5 Å². The van der Waals surface area contributed by atoms with Crippen LogP contribution < -0.4 is 0 Å². The number of rotatable bonds is 7. The van der Waals surface area contributed by atoms with Gasteiger partial charge in [-0.2, -0.15) is 0 Å². The Morgan fingerprint density at radius 3 is 0.973 bits per heavy atom. The topological polar surface area (TPSA) is 189 Å². The molecule has 2 radical (unpaired) electrons. The molecule has 0 saturated heterocycles. The smallest absolute Gasteiger partial charge is 0 e. The molecular formula is C16H50Al2O12PPdSi5+. The maximum Gasteiger partial charge on any atom is 0 e. The van der Waals surface area contributed by atoms with Gasteiger partial charge in [0.25, 0.3) is 11.9 Å². The fraction of sp³-hybridized carbons (Fsp3) is 0.875. The molecule has 0 rings (SSSR count). The summed E-state index contributed by atoms with van der Waals surface area (Å²) in [5, 5.41) is 28.9. The van der Waals surface area contributed by atoms with Gasteiger partial charge >= 0.3 is 63.0 Å². The molecule has 0 aliphatic heterocycles. The normalized spacial score (nSPS) is 10.5. The quantitative estimate of drug-likeness (QED) is 0.110. The second kappa shape index (κ2) is 35.7. The molecule has 226 valence electrons. The van der Waals surface area contributed by atoms with E-state index in [1.54, 1.807) is 16.6 Å². The molecule has 0 heterocycles. The zero-order chi connectivity index (χ0) is 31.4. The van der Waals surface area contributed by atoms with E-state index >= 15 is 0 Å². The molecule has 37 heavy (non-hydrogen) atoms. The summed E-state index contributed by atoms with van der Waals surface area (Å²) in [5.74, 6) is -1.67. The molecule has 0 fully saturated rings. The Morgan fingerprint density at radius 1 is 0.757 bits per heavy atom. The van der Waals surface area contributed by atoms with E-state index in [0.717, 1.165) is 29.1 Å². The van der Waals surface area contributed by atoms with Crippen molar-refractivity contribution in [2.45, 2.75) is 79.3 Å². The van der Waals surface area contributed by atoms with Gasteiger partial charge in [-0.05, 0) is 72.1 Å². The molecule has 0 saturated carbocycles. The summed E-state index contributed by atoms with van der Waals surface area (Å²) in [7, 11) is -5.89. The van der Waals surface area contributed by atoms with Crippen molar-refractivity contribution in [3.05, 3.63) is 0 Å². The summed E-state index contributed by atoms with van der Waals surface area (Å²) < 4.78 is 30.0. The van der Waals surface area contributed by atoms with Crippen LogP contribution in [0.15, 0.2) is 0 Å². The van der Waals surface area contributed by atoms with E-state index in [-0.39, 0.29) is 20.4 Å². The molecule has 12 nitrogen and oxygen atoms in total. The van der Waals surface area contributed by atoms with Crippen molar-refractivity contribution in [1.82, 2.24) is 0 Å². The largest absolute Gasteiger partial charge is 0 e. The van der Waals surface area contributed by atoms with Gasteiger partial charge in [0, 0.05) is 41.4 Å². The molecule has 1 unspecified atom stereocenters. The molecule has 0 spiro atoms. The SMILES string of the molecule is CC(=O)O.CC(=O)O.CO.CP[SiH2]O.C[Si](C)(C)O[Si](C)(C)O[Si](C)(C)O[Si](C)(C)C.O[O][Al+].[O]=[Al].[Pd]. The van der Waals surface area contributed by atoms with Crippen molar-refractivity contribution in [1.29, 1.82) is 0 Å². The number of hydrogen-bond acceptors (Lipinski definition) is 10. The van der Waals surface area contributed by atoms with Crippen molar-refractivity contribution in [2.24, 2.45) is 0 Å². The minimum absolute atomic E-state index is 0. The number of aliphatic hydroxyl groups excluding tert-OH is 1. The number of aliphatic hydroxyl groups is 1. The van der Waals surface area contributed by atoms with Crippen molar-refractivity contribution < 1.29 is 75.5 Å². The monoisotopic (exact) mass is 765 g/mol. The summed E-state index contributed by atoms with van der Waals surface area (Å²) in [6.07, 6.45) is 0. The van der Waals surface area contributed by atoms with Gasteiger partial charge in [-0.25, -0.2) is 0 Å². The predicted octanol–water partition coefficient (Wildman–Crippen LogP) is 2.24. The van der Waals surface area contributed by atoms with Crippen LogP contribution >= 0.6 is 8.13 Å².